The van der Waals surface area contributed by atoms with Crippen molar-refractivity contribution in [1.29, 1.82) is 0 Å². The molecule has 0 aliphatic heterocycles. The molecule has 0 radical (unpaired) electrons. The summed E-state index contributed by atoms with van der Waals surface area (Å²) in [5.41, 5.74) is -0.00443. The molecule has 0 spiro atoms. The standard InChI is InChI=1S/C8H4BrN3O4/c9-4-1-3(12(15)16)2-5-6(4)7(8(13)14)11-10-5/h1-2H,(H,10,11)(H,13,14). The molecule has 0 saturated heterocycles. The minimum Gasteiger partial charge on any atom is -0.476 e. The molecule has 0 aliphatic rings. The van der Waals surface area contributed by atoms with Crippen LogP contribution in [0.4, 0.5) is 5.69 Å². The lowest BCUT2D eigenvalue weighted by molar-refractivity contribution is -0.384. The molecule has 0 fully saturated rings. The molecule has 2 rings (SSSR count). The number of aromatic nitrogens is 2. The van der Waals surface area contributed by atoms with Crippen molar-refractivity contribution in [3.63, 3.8) is 0 Å². The first-order valence-electron chi connectivity index (χ1n) is 4.06. The molecule has 2 aromatic rings. The van der Waals surface area contributed by atoms with Gasteiger partial charge >= 0.3 is 5.97 Å². The molecule has 82 valence electrons. The molecular formula is C8H4BrN3O4. The third-order valence-electron chi connectivity index (χ3n) is 2.01. The minimum absolute atomic E-state index is 0.139. The number of nitrogens with one attached hydrogen (secondary N) is 1. The second-order valence-electron chi connectivity index (χ2n) is 2.98. The lowest BCUT2D eigenvalue weighted by Gasteiger charge is -1.96. The van der Waals surface area contributed by atoms with Gasteiger partial charge in [0.05, 0.1) is 10.4 Å². The number of carboxylic acids is 1. The SMILES string of the molecule is O=C(O)c1n[nH]c2cc([N+](=O)[O-])cc(Br)c12. The number of carboxylic acid groups (broad SMARTS) is 1. The molecule has 0 saturated carbocycles. The first-order valence-corrected chi connectivity index (χ1v) is 4.85. The predicted octanol–water partition coefficient (Wildman–Crippen LogP) is 1.93. The second-order valence-corrected chi connectivity index (χ2v) is 3.84. The highest BCUT2D eigenvalue weighted by Gasteiger charge is 2.19. The van der Waals surface area contributed by atoms with Crippen LogP contribution < -0.4 is 0 Å². The number of benzene rings is 1. The van der Waals surface area contributed by atoms with Crippen LogP contribution in [0.3, 0.4) is 0 Å². The number of aromatic carboxylic acids is 1. The quantitative estimate of drug-likeness (QED) is 0.647. The first-order chi connectivity index (χ1) is 7.50. The summed E-state index contributed by atoms with van der Waals surface area (Å²) < 4.78 is 0.322. The Morgan fingerprint density at radius 3 is 2.81 bits per heavy atom. The third kappa shape index (κ3) is 1.52. The van der Waals surface area contributed by atoms with Crippen molar-refractivity contribution in [2.75, 3.05) is 0 Å². The Labute approximate surface area is 96.4 Å². The molecule has 7 nitrogen and oxygen atoms in total. The largest absolute Gasteiger partial charge is 0.476 e. The Kier molecular flexibility index (Phi) is 2.35. The Morgan fingerprint density at radius 2 is 2.25 bits per heavy atom. The zero-order valence-corrected chi connectivity index (χ0v) is 9.19. The number of aromatic amines is 1. The Bertz CT molecular complexity index is 607. The third-order valence-corrected chi connectivity index (χ3v) is 2.64. The monoisotopic (exact) mass is 285 g/mol. The van der Waals surface area contributed by atoms with Gasteiger partial charge in [0.15, 0.2) is 5.69 Å². The van der Waals surface area contributed by atoms with E-state index in [1.54, 1.807) is 0 Å². The van der Waals surface area contributed by atoms with Crippen molar-refractivity contribution < 1.29 is 14.8 Å². The Balaban J connectivity index is 2.78. The van der Waals surface area contributed by atoms with Crippen LogP contribution >= 0.6 is 15.9 Å². The smallest absolute Gasteiger partial charge is 0.357 e. The fourth-order valence-electron chi connectivity index (χ4n) is 1.35. The number of hydrogen-bond acceptors (Lipinski definition) is 4. The number of halogens is 1. The highest BCUT2D eigenvalue weighted by molar-refractivity contribution is 9.10. The fraction of sp³-hybridized carbons (Fsp3) is 0. The van der Waals surface area contributed by atoms with Gasteiger partial charge in [0.1, 0.15) is 0 Å². The Hall–Kier alpha value is -1.96. The zero-order chi connectivity index (χ0) is 11.9. The van der Waals surface area contributed by atoms with Crippen LogP contribution in [0.15, 0.2) is 16.6 Å². The lowest BCUT2D eigenvalue weighted by Crippen LogP contribution is -1.97. The molecule has 0 bridgehead atoms. The summed E-state index contributed by atoms with van der Waals surface area (Å²) in [5, 5.41) is 25.7. The van der Waals surface area contributed by atoms with E-state index in [2.05, 4.69) is 26.1 Å². The number of carbonyl (C=O) groups is 1. The van der Waals surface area contributed by atoms with Gasteiger partial charge in [0, 0.05) is 22.0 Å². The molecule has 0 unspecified atom stereocenters. The van der Waals surface area contributed by atoms with E-state index in [1.807, 2.05) is 0 Å². The highest BCUT2D eigenvalue weighted by atomic mass is 79.9. The maximum Gasteiger partial charge on any atom is 0.357 e. The minimum atomic E-state index is -1.19. The van der Waals surface area contributed by atoms with Crippen LogP contribution in [0.1, 0.15) is 10.5 Å². The van der Waals surface area contributed by atoms with Crippen LogP contribution in [0, 0.1) is 10.1 Å². The number of nitro benzene ring substituents is 1. The van der Waals surface area contributed by atoms with Gasteiger partial charge < -0.3 is 5.11 Å². The number of rotatable bonds is 2. The first kappa shape index (κ1) is 10.6. The van der Waals surface area contributed by atoms with Crippen LogP contribution in [-0.2, 0) is 0 Å². The van der Waals surface area contributed by atoms with Crippen LogP contribution in [-0.4, -0.2) is 26.2 Å². The number of hydrogen-bond donors (Lipinski definition) is 2. The number of H-pyrrole nitrogens is 1. The summed E-state index contributed by atoms with van der Waals surface area (Å²) in [4.78, 5) is 20.8. The summed E-state index contributed by atoms with van der Waals surface area (Å²) in [7, 11) is 0. The molecule has 0 atom stereocenters. The fourth-order valence-corrected chi connectivity index (χ4v) is 1.99. The van der Waals surface area contributed by atoms with E-state index in [0.29, 0.717) is 15.4 Å². The lowest BCUT2D eigenvalue weighted by atomic mass is 10.2. The zero-order valence-electron chi connectivity index (χ0n) is 7.60. The molecule has 1 heterocycles. The number of non-ortho nitro benzene ring substituents is 1. The van der Waals surface area contributed by atoms with Crippen molar-refractivity contribution in [2.45, 2.75) is 0 Å². The van der Waals surface area contributed by atoms with Crippen molar-refractivity contribution in [1.82, 2.24) is 10.2 Å². The summed E-state index contributed by atoms with van der Waals surface area (Å²) in [6.45, 7) is 0. The van der Waals surface area contributed by atoms with E-state index >= 15 is 0 Å². The number of fused-ring (bicyclic) bond motifs is 1. The van der Waals surface area contributed by atoms with Gasteiger partial charge in [-0.05, 0) is 15.9 Å². The van der Waals surface area contributed by atoms with Crippen molar-refractivity contribution >= 4 is 38.5 Å². The average molecular weight is 286 g/mol. The van der Waals surface area contributed by atoms with Gasteiger partial charge in [-0.25, -0.2) is 4.79 Å². The molecule has 1 aromatic carbocycles. The van der Waals surface area contributed by atoms with Crippen molar-refractivity contribution in [2.24, 2.45) is 0 Å². The maximum atomic E-state index is 10.8. The van der Waals surface area contributed by atoms with Crippen LogP contribution in [0.25, 0.3) is 10.9 Å². The van der Waals surface area contributed by atoms with Crippen molar-refractivity contribution in [3.05, 3.63) is 32.4 Å². The second kappa shape index (κ2) is 3.56. The van der Waals surface area contributed by atoms with E-state index in [4.69, 9.17) is 5.11 Å². The predicted molar refractivity (Wildman–Crippen MR) is 57.4 cm³/mol. The normalized spacial score (nSPS) is 10.6. The topological polar surface area (TPSA) is 109 Å². The number of nitrogens with zero attached hydrogens (tertiary/aromatic N) is 2. The average Bonchev–Trinajstić information content (AvgIpc) is 2.61. The molecule has 0 aliphatic carbocycles. The molecule has 2 N–H and O–H groups in total. The summed E-state index contributed by atoms with van der Waals surface area (Å²) in [6, 6.07) is 2.48. The Morgan fingerprint density at radius 1 is 1.56 bits per heavy atom. The van der Waals surface area contributed by atoms with E-state index in [1.165, 1.54) is 12.1 Å². The summed E-state index contributed by atoms with van der Waals surface area (Å²) >= 11 is 3.09. The van der Waals surface area contributed by atoms with Gasteiger partial charge in [-0.1, -0.05) is 0 Å². The van der Waals surface area contributed by atoms with E-state index < -0.39 is 10.9 Å². The molecule has 1 aromatic heterocycles. The van der Waals surface area contributed by atoms with Gasteiger partial charge in [-0.3, -0.25) is 15.2 Å². The van der Waals surface area contributed by atoms with Gasteiger partial charge in [0.2, 0.25) is 0 Å². The molecule has 0 amide bonds. The van der Waals surface area contributed by atoms with Gasteiger partial charge in [0.25, 0.3) is 5.69 Å². The molecule has 8 heteroatoms. The van der Waals surface area contributed by atoms with E-state index in [9.17, 15) is 14.9 Å². The highest BCUT2D eigenvalue weighted by Crippen LogP contribution is 2.30. The molecule has 16 heavy (non-hydrogen) atoms. The molecular weight excluding hydrogens is 282 g/mol. The maximum absolute atomic E-state index is 10.8. The number of nitro groups is 1. The van der Waals surface area contributed by atoms with Crippen molar-refractivity contribution in [3.8, 4) is 0 Å². The van der Waals surface area contributed by atoms with E-state index in [0.717, 1.165) is 0 Å². The van der Waals surface area contributed by atoms with Gasteiger partial charge in [-0.2, -0.15) is 5.10 Å². The summed E-state index contributed by atoms with van der Waals surface area (Å²) in [5.74, 6) is -1.19. The summed E-state index contributed by atoms with van der Waals surface area (Å²) in [6.07, 6.45) is 0. The van der Waals surface area contributed by atoms with Crippen LogP contribution in [0.2, 0.25) is 0 Å². The van der Waals surface area contributed by atoms with Crippen LogP contribution in [0.5, 0.6) is 0 Å². The van der Waals surface area contributed by atoms with Gasteiger partial charge in [-0.15, -0.1) is 0 Å². The van der Waals surface area contributed by atoms with E-state index in [-0.39, 0.29) is 11.4 Å².